The molecule has 1 aromatic carbocycles. The van der Waals surface area contributed by atoms with Crippen molar-refractivity contribution in [3.05, 3.63) is 28.2 Å². The smallest absolute Gasteiger partial charge is 0.423 e. The number of amidine groups is 1. The number of halogens is 2. The van der Waals surface area contributed by atoms with Crippen molar-refractivity contribution in [2.45, 2.75) is 6.92 Å². The minimum atomic E-state index is -0.515. The lowest BCUT2D eigenvalue weighted by Gasteiger charge is -2.07. The van der Waals surface area contributed by atoms with E-state index in [0.717, 1.165) is 0 Å². The number of carbonyl (C=O) groups excluding carboxylic acids is 1. The van der Waals surface area contributed by atoms with Gasteiger partial charge in [-0.05, 0) is 25.1 Å². The van der Waals surface area contributed by atoms with E-state index in [-0.39, 0.29) is 12.4 Å². The number of methoxy groups -OCH3 is 1. The second kappa shape index (κ2) is 9.44. The molecule has 0 fully saturated rings. The van der Waals surface area contributed by atoms with Crippen LogP contribution in [-0.2, 0) is 14.3 Å². The molecular weight excluding hydrogens is 317 g/mol. The summed E-state index contributed by atoms with van der Waals surface area (Å²) in [4.78, 5) is 14.7. The van der Waals surface area contributed by atoms with Gasteiger partial charge < -0.3 is 9.47 Å². The van der Waals surface area contributed by atoms with Gasteiger partial charge in [0.05, 0.1) is 23.9 Å². The Bertz CT molecular complexity index is 509. The third-order valence-electron chi connectivity index (χ3n) is 2.34. The molecule has 0 unspecified atom stereocenters. The number of carbonyl (C=O) groups is 1. The summed E-state index contributed by atoms with van der Waals surface area (Å²) in [7, 11) is 1.57. The molecule has 0 aromatic heterocycles. The first-order valence-corrected chi connectivity index (χ1v) is 7.08. The molecule has 6 nitrogen and oxygen atoms in total. The van der Waals surface area contributed by atoms with Crippen molar-refractivity contribution in [3.8, 4) is 0 Å². The molecular formula is C13H18Cl2N3O3+. The molecule has 1 aromatic rings. The SMILES string of the molecule is CCOC(=O)C(NNc1cc(Cl)ccc1Cl)=[NH+]CCOC. The molecule has 1 rings (SSSR count). The Morgan fingerprint density at radius 2 is 2.14 bits per heavy atom. The number of hydrogen-bond acceptors (Lipinski definition) is 4. The molecule has 0 aliphatic rings. The van der Waals surface area contributed by atoms with Gasteiger partial charge >= 0.3 is 11.8 Å². The fourth-order valence-corrected chi connectivity index (χ4v) is 1.71. The Hall–Kier alpha value is -1.50. The predicted octanol–water partition coefficient (Wildman–Crippen LogP) is 0.598. The van der Waals surface area contributed by atoms with Gasteiger partial charge in [-0.3, -0.25) is 4.99 Å². The first-order chi connectivity index (χ1) is 10.1. The molecule has 0 aliphatic carbocycles. The molecule has 0 bridgehead atoms. The van der Waals surface area contributed by atoms with Gasteiger partial charge in [0.2, 0.25) is 0 Å². The van der Waals surface area contributed by atoms with Crippen LogP contribution in [0.15, 0.2) is 18.2 Å². The molecule has 0 aliphatic heterocycles. The van der Waals surface area contributed by atoms with Gasteiger partial charge in [-0.15, -0.1) is 0 Å². The maximum atomic E-state index is 11.8. The summed E-state index contributed by atoms with van der Waals surface area (Å²) in [6, 6.07) is 4.95. The van der Waals surface area contributed by atoms with E-state index in [0.29, 0.717) is 28.9 Å². The summed E-state index contributed by atoms with van der Waals surface area (Å²) >= 11 is 11.9. The van der Waals surface area contributed by atoms with Crippen molar-refractivity contribution in [1.82, 2.24) is 5.43 Å². The molecule has 0 radical (unpaired) electrons. The van der Waals surface area contributed by atoms with Crippen LogP contribution in [0.3, 0.4) is 0 Å². The Morgan fingerprint density at radius 1 is 1.38 bits per heavy atom. The lowest BCUT2D eigenvalue weighted by molar-refractivity contribution is -0.462. The highest BCUT2D eigenvalue weighted by Gasteiger charge is 2.19. The molecule has 0 spiro atoms. The van der Waals surface area contributed by atoms with Crippen LogP contribution >= 0.6 is 23.2 Å². The van der Waals surface area contributed by atoms with Crippen molar-refractivity contribution in [1.29, 1.82) is 0 Å². The summed E-state index contributed by atoms with van der Waals surface area (Å²) in [5.74, 6) is -0.357. The zero-order valence-corrected chi connectivity index (χ0v) is 13.3. The zero-order chi connectivity index (χ0) is 15.7. The number of nitrogens with one attached hydrogen (secondary N) is 3. The van der Waals surface area contributed by atoms with Crippen LogP contribution in [0.5, 0.6) is 0 Å². The van der Waals surface area contributed by atoms with E-state index >= 15 is 0 Å². The zero-order valence-electron chi connectivity index (χ0n) is 11.8. The largest absolute Gasteiger partial charge is 0.457 e. The minimum Gasteiger partial charge on any atom is -0.457 e. The average Bonchev–Trinajstić information content (AvgIpc) is 2.46. The van der Waals surface area contributed by atoms with E-state index in [2.05, 4.69) is 15.8 Å². The predicted molar refractivity (Wildman–Crippen MR) is 82.6 cm³/mol. The van der Waals surface area contributed by atoms with Crippen molar-refractivity contribution in [3.63, 3.8) is 0 Å². The summed E-state index contributed by atoms with van der Waals surface area (Å²) in [5.41, 5.74) is 6.08. The van der Waals surface area contributed by atoms with Gasteiger partial charge in [0, 0.05) is 12.1 Å². The molecule has 21 heavy (non-hydrogen) atoms. The van der Waals surface area contributed by atoms with Crippen LogP contribution in [0.4, 0.5) is 5.69 Å². The van der Waals surface area contributed by atoms with E-state index < -0.39 is 5.97 Å². The van der Waals surface area contributed by atoms with Gasteiger partial charge in [0.1, 0.15) is 6.54 Å². The highest BCUT2D eigenvalue weighted by molar-refractivity contribution is 6.35. The number of hydrazine groups is 1. The quantitative estimate of drug-likeness (QED) is 0.233. The molecule has 3 N–H and O–H groups in total. The van der Waals surface area contributed by atoms with E-state index in [9.17, 15) is 4.79 Å². The number of hydrogen-bond donors (Lipinski definition) is 3. The van der Waals surface area contributed by atoms with E-state index in [1.165, 1.54) is 0 Å². The van der Waals surface area contributed by atoms with E-state index in [4.69, 9.17) is 32.7 Å². The molecule has 8 heteroatoms. The molecule has 0 saturated carbocycles. The summed E-state index contributed by atoms with van der Waals surface area (Å²) in [6.07, 6.45) is 0. The van der Waals surface area contributed by atoms with Crippen molar-refractivity contribution < 1.29 is 19.3 Å². The van der Waals surface area contributed by atoms with Crippen molar-refractivity contribution in [2.75, 3.05) is 32.3 Å². The average molecular weight is 335 g/mol. The highest BCUT2D eigenvalue weighted by atomic mass is 35.5. The number of esters is 1. The summed E-state index contributed by atoms with van der Waals surface area (Å²) < 4.78 is 9.85. The standard InChI is InChI=1S/C13H17Cl2N3O3/c1-3-21-13(19)12(16-6-7-20-2)18-17-11-8-9(14)4-5-10(11)15/h4-5,8,17H,3,6-7H2,1-2H3,(H,16,18)/p+1. The number of anilines is 1. The number of rotatable bonds is 6. The van der Waals surface area contributed by atoms with Crippen LogP contribution in [0.25, 0.3) is 0 Å². The Balaban J connectivity index is 2.74. The maximum absolute atomic E-state index is 11.8. The fourth-order valence-electron chi connectivity index (χ4n) is 1.37. The van der Waals surface area contributed by atoms with Gasteiger partial charge in [-0.1, -0.05) is 23.2 Å². The molecule has 0 saturated heterocycles. The van der Waals surface area contributed by atoms with E-state index in [1.54, 1.807) is 32.2 Å². The second-order valence-corrected chi connectivity index (χ2v) is 4.73. The van der Waals surface area contributed by atoms with Gasteiger partial charge in [-0.25, -0.2) is 10.2 Å². The first-order valence-electron chi connectivity index (χ1n) is 6.32. The normalized spacial score (nSPS) is 11.1. The summed E-state index contributed by atoms with van der Waals surface area (Å²) in [6.45, 7) is 2.89. The minimum absolute atomic E-state index is 0.157. The Morgan fingerprint density at radius 3 is 2.81 bits per heavy atom. The van der Waals surface area contributed by atoms with Gasteiger partial charge in [-0.2, -0.15) is 5.43 Å². The van der Waals surface area contributed by atoms with Crippen LogP contribution in [0.1, 0.15) is 6.92 Å². The molecule has 0 heterocycles. The van der Waals surface area contributed by atoms with Crippen LogP contribution < -0.4 is 15.8 Å². The topological polar surface area (TPSA) is 73.6 Å². The Labute approximate surface area is 133 Å². The van der Waals surface area contributed by atoms with Crippen molar-refractivity contribution >= 4 is 40.7 Å². The molecule has 116 valence electrons. The number of benzene rings is 1. The summed E-state index contributed by atoms with van der Waals surface area (Å²) in [5, 5.41) is 0.987. The lowest BCUT2D eigenvalue weighted by atomic mass is 10.3. The van der Waals surface area contributed by atoms with Gasteiger partial charge in [0.25, 0.3) is 0 Å². The first kappa shape index (κ1) is 17.6. The van der Waals surface area contributed by atoms with Crippen molar-refractivity contribution in [2.24, 2.45) is 0 Å². The monoisotopic (exact) mass is 334 g/mol. The number of ether oxygens (including phenoxy) is 2. The Kier molecular flexibility index (Phi) is 7.89. The van der Waals surface area contributed by atoms with Crippen LogP contribution in [0, 0.1) is 0 Å². The van der Waals surface area contributed by atoms with E-state index in [1.807, 2.05) is 0 Å². The molecule has 0 amide bonds. The molecule has 0 atom stereocenters. The second-order valence-electron chi connectivity index (χ2n) is 3.89. The maximum Gasteiger partial charge on any atom is 0.423 e. The highest BCUT2D eigenvalue weighted by Crippen LogP contribution is 2.24. The fraction of sp³-hybridized carbons (Fsp3) is 0.385. The lowest BCUT2D eigenvalue weighted by Crippen LogP contribution is -2.79. The third-order valence-corrected chi connectivity index (χ3v) is 2.90. The van der Waals surface area contributed by atoms with Gasteiger partial charge in [0.15, 0.2) is 0 Å². The third kappa shape index (κ3) is 6.20. The van der Waals surface area contributed by atoms with Crippen LogP contribution in [0.2, 0.25) is 10.0 Å². The van der Waals surface area contributed by atoms with Crippen LogP contribution in [-0.4, -0.2) is 38.7 Å².